The number of benzene rings is 1. The molecule has 282 valence electrons. The van der Waals surface area contributed by atoms with Crippen LogP contribution in [0.4, 0.5) is 10.6 Å². The summed E-state index contributed by atoms with van der Waals surface area (Å²) in [6.45, 7) is 5.70. The zero-order chi connectivity index (χ0) is 37.9. The molecule has 1 aromatic carbocycles. The third-order valence-electron chi connectivity index (χ3n) is 8.29. The topological polar surface area (TPSA) is 213 Å². The van der Waals surface area contributed by atoms with E-state index in [-0.39, 0.29) is 50.2 Å². The molecule has 1 aromatic heterocycles. The highest BCUT2D eigenvalue weighted by molar-refractivity contribution is 7.44. The van der Waals surface area contributed by atoms with E-state index in [1.807, 2.05) is 35.2 Å². The second-order valence-electron chi connectivity index (χ2n) is 12.8. The Kier molecular flexibility index (Phi) is 14.4. The third kappa shape index (κ3) is 11.1. The van der Waals surface area contributed by atoms with Gasteiger partial charge in [0.2, 0.25) is 13.9 Å². The minimum Gasteiger partial charge on any atom is -0.603 e. The highest BCUT2D eigenvalue weighted by Crippen LogP contribution is 2.25. The number of carbonyl (C=O) groups is 5. The molecule has 0 radical (unpaired) electrons. The lowest BCUT2D eigenvalue weighted by Gasteiger charge is -2.35. The minimum absolute atomic E-state index is 0.0156. The van der Waals surface area contributed by atoms with E-state index in [9.17, 15) is 34.0 Å². The Hall–Kier alpha value is -4.70. The summed E-state index contributed by atoms with van der Waals surface area (Å²) in [5, 5.41) is 12.1. The van der Waals surface area contributed by atoms with Crippen molar-refractivity contribution >= 4 is 49.5 Å². The van der Waals surface area contributed by atoms with Crippen LogP contribution in [-0.4, -0.2) is 126 Å². The number of piperazine rings is 1. The number of hydrogen-bond donors (Lipinski definition) is 2. The van der Waals surface area contributed by atoms with Crippen LogP contribution in [0.25, 0.3) is 11.4 Å². The first-order valence-electron chi connectivity index (χ1n) is 16.9. The van der Waals surface area contributed by atoms with Crippen molar-refractivity contribution in [3.05, 3.63) is 42.1 Å². The van der Waals surface area contributed by atoms with Gasteiger partial charge in [0, 0.05) is 64.4 Å². The van der Waals surface area contributed by atoms with Crippen LogP contribution < -0.4 is 15.1 Å². The molecule has 2 fully saturated rings. The van der Waals surface area contributed by atoms with Gasteiger partial charge in [0.1, 0.15) is 23.4 Å². The monoisotopic (exact) mass is 744 g/mol. The van der Waals surface area contributed by atoms with Crippen molar-refractivity contribution in [1.82, 2.24) is 25.1 Å². The van der Waals surface area contributed by atoms with Crippen LogP contribution in [0.3, 0.4) is 0 Å². The molecule has 2 aliphatic rings. The second kappa shape index (κ2) is 18.7. The van der Waals surface area contributed by atoms with Crippen LogP contribution in [0.15, 0.2) is 36.4 Å². The number of hydrogen-bond acceptors (Lipinski definition) is 13. The number of methoxy groups -OCH3 is 1. The van der Waals surface area contributed by atoms with Gasteiger partial charge in [-0.05, 0) is 6.42 Å². The molecule has 2 aliphatic heterocycles. The number of nitrogens with zero attached hydrogens (tertiary/aromatic N) is 5. The van der Waals surface area contributed by atoms with Crippen molar-refractivity contribution in [1.29, 1.82) is 0 Å². The van der Waals surface area contributed by atoms with Gasteiger partial charge in [-0.1, -0.05) is 62.6 Å². The zero-order valence-corrected chi connectivity index (χ0v) is 30.7. The molecule has 4 rings (SSSR count). The van der Waals surface area contributed by atoms with E-state index < -0.39 is 62.2 Å². The number of aromatic nitrogens is 2. The Morgan fingerprint density at radius 1 is 0.962 bits per heavy atom. The Labute approximate surface area is 302 Å². The fourth-order valence-corrected chi connectivity index (χ4v) is 5.92. The quantitative estimate of drug-likeness (QED) is 0.161. The number of amides is 3. The summed E-state index contributed by atoms with van der Waals surface area (Å²) in [7, 11) is -1.19. The minimum atomic E-state index is -2.82. The number of carboxylic acid groups (broad SMARTS) is 1. The summed E-state index contributed by atoms with van der Waals surface area (Å²) in [6.07, 6.45) is -0.696. The molecule has 2 aromatic rings. The van der Waals surface area contributed by atoms with E-state index in [2.05, 4.69) is 10.3 Å². The molecule has 2 saturated heterocycles. The molecule has 2 N–H and O–H groups in total. The van der Waals surface area contributed by atoms with Gasteiger partial charge in [-0.3, -0.25) is 19.2 Å². The SMILES string of the molecule is CO[C@H]1CCN(c2cc(C(=O)N[C@@H](CC=[P+]([O-])OC(OC(=O)C(C)C)OC(=O)C(C)C)C(=O)N3CCN(C(=O)O)CC3)nc(-c3ccccc3)n2)C1. The van der Waals surface area contributed by atoms with Crippen LogP contribution in [0.1, 0.15) is 51.0 Å². The van der Waals surface area contributed by atoms with Crippen LogP contribution in [0.5, 0.6) is 0 Å². The van der Waals surface area contributed by atoms with Gasteiger partial charge >= 0.3 is 24.5 Å². The van der Waals surface area contributed by atoms with E-state index in [0.717, 1.165) is 12.2 Å². The summed E-state index contributed by atoms with van der Waals surface area (Å²) in [5.74, 6) is -2.15. The first kappa shape index (κ1) is 40.1. The van der Waals surface area contributed by atoms with Crippen molar-refractivity contribution < 1.29 is 52.7 Å². The molecular weight excluding hydrogens is 699 g/mol. The fourth-order valence-electron chi connectivity index (χ4n) is 5.20. The molecule has 0 saturated carbocycles. The average Bonchev–Trinajstić information content (AvgIpc) is 3.62. The van der Waals surface area contributed by atoms with Crippen molar-refractivity contribution in [2.75, 3.05) is 51.3 Å². The average molecular weight is 745 g/mol. The van der Waals surface area contributed by atoms with Gasteiger partial charge in [0.15, 0.2) is 5.82 Å². The number of ether oxygens (including phenoxy) is 3. The first-order chi connectivity index (χ1) is 24.7. The Bertz CT molecular complexity index is 1600. The zero-order valence-electron chi connectivity index (χ0n) is 29.8. The number of rotatable bonds is 14. The number of anilines is 1. The summed E-state index contributed by atoms with van der Waals surface area (Å²) in [4.78, 5) is 90.6. The third-order valence-corrected chi connectivity index (χ3v) is 9.18. The molecule has 0 bridgehead atoms. The predicted molar refractivity (Wildman–Crippen MR) is 187 cm³/mol. The van der Waals surface area contributed by atoms with E-state index in [1.54, 1.807) is 34.8 Å². The second-order valence-corrected chi connectivity index (χ2v) is 13.9. The highest BCUT2D eigenvalue weighted by Gasteiger charge is 2.33. The normalized spacial score (nSPS) is 17.1. The molecule has 0 aliphatic carbocycles. The van der Waals surface area contributed by atoms with Gasteiger partial charge in [0.05, 0.1) is 17.9 Å². The number of nitrogens with one attached hydrogen (secondary N) is 1. The summed E-state index contributed by atoms with van der Waals surface area (Å²) in [5.41, 5.74) is 0.637. The summed E-state index contributed by atoms with van der Waals surface area (Å²) in [6, 6.07) is 9.31. The number of carbonyl (C=O) groups excluding carboxylic acids is 4. The Balaban J connectivity index is 1.61. The summed E-state index contributed by atoms with van der Waals surface area (Å²) >= 11 is 0. The smallest absolute Gasteiger partial charge is 0.407 e. The maximum Gasteiger partial charge on any atom is 0.407 e. The molecular formula is C34H45N6O11P. The Morgan fingerprint density at radius 2 is 1.58 bits per heavy atom. The van der Waals surface area contributed by atoms with E-state index in [1.165, 1.54) is 15.9 Å². The standard InChI is InChI=1S/C34H45N6O11P/c1-21(2)31(43)49-34(50-32(44)22(3)4)51-52(47)18-12-25(30(42)38-14-16-39(17-15-38)33(45)46)36-29(41)26-19-27(40-13-11-24(20-40)48-5)37-28(35-26)23-9-7-6-8-10-23/h6-10,18-19,21-22,24-25,34H,11-17,20H2,1-5H3,(H,36,41)(H,45,46)/t24-,25-/m0/s1. The van der Waals surface area contributed by atoms with Gasteiger partial charge in [-0.15, -0.1) is 0 Å². The molecule has 0 spiro atoms. The largest absolute Gasteiger partial charge is 0.603 e. The van der Waals surface area contributed by atoms with Crippen LogP contribution in [-0.2, 0) is 33.1 Å². The molecule has 52 heavy (non-hydrogen) atoms. The molecule has 3 atom stereocenters. The maximum atomic E-state index is 13.9. The van der Waals surface area contributed by atoms with Gasteiger partial charge in [-0.25, -0.2) is 14.8 Å². The Morgan fingerprint density at radius 3 is 2.13 bits per heavy atom. The van der Waals surface area contributed by atoms with Gasteiger partial charge in [0.25, 0.3) is 5.91 Å². The van der Waals surface area contributed by atoms with Crippen LogP contribution in [0, 0.1) is 11.8 Å². The highest BCUT2D eigenvalue weighted by atomic mass is 31.1. The molecule has 17 nitrogen and oxygen atoms in total. The molecule has 1 unspecified atom stereocenters. The predicted octanol–water partition coefficient (Wildman–Crippen LogP) is 1.85. The van der Waals surface area contributed by atoms with E-state index in [4.69, 9.17) is 23.7 Å². The lowest BCUT2D eigenvalue weighted by molar-refractivity contribution is -0.256. The first-order valence-corrected chi connectivity index (χ1v) is 18.2. The summed E-state index contributed by atoms with van der Waals surface area (Å²) < 4.78 is 21.0. The number of esters is 2. The molecule has 3 amide bonds. The van der Waals surface area contributed by atoms with Crippen LogP contribution in [0.2, 0.25) is 0 Å². The van der Waals surface area contributed by atoms with E-state index in [0.29, 0.717) is 24.5 Å². The van der Waals surface area contributed by atoms with Crippen molar-refractivity contribution in [2.45, 2.75) is 59.2 Å². The lowest BCUT2D eigenvalue weighted by Crippen LogP contribution is -2.55. The van der Waals surface area contributed by atoms with Crippen molar-refractivity contribution in [3.63, 3.8) is 0 Å². The van der Waals surface area contributed by atoms with Crippen molar-refractivity contribution in [2.24, 2.45) is 11.8 Å². The lowest BCUT2D eigenvalue weighted by atomic mass is 10.1. The van der Waals surface area contributed by atoms with Gasteiger partial charge < -0.3 is 44.2 Å². The van der Waals surface area contributed by atoms with E-state index >= 15 is 0 Å². The van der Waals surface area contributed by atoms with Gasteiger partial charge in [-0.2, -0.15) is 0 Å². The maximum absolute atomic E-state index is 13.9. The van der Waals surface area contributed by atoms with Crippen molar-refractivity contribution in [3.8, 4) is 11.4 Å². The molecule has 3 heterocycles. The molecule has 18 heteroatoms. The van der Waals surface area contributed by atoms with Crippen LogP contribution >= 0.6 is 8.00 Å². The fraction of sp³-hybridized carbons (Fsp3) is 0.529.